The molecule has 30 heavy (non-hydrogen) atoms. The van der Waals surface area contributed by atoms with Crippen molar-refractivity contribution < 1.29 is 9.59 Å². The Hall–Kier alpha value is -2.97. The highest BCUT2D eigenvalue weighted by atomic mass is 79.9. The van der Waals surface area contributed by atoms with Crippen LogP contribution in [0.1, 0.15) is 21.7 Å². The minimum atomic E-state index is -0.731. The van der Waals surface area contributed by atoms with E-state index >= 15 is 0 Å². The Kier molecular flexibility index (Phi) is 6.69. The van der Waals surface area contributed by atoms with Crippen molar-refractivity contribution in [3.63, 3.8) is 0 Å². The molecule has 1 heterocycles. The van der Waals surface area contributed by atoms with Gasteiger partial charge in [0.2, 0.25) is 11.3 Å². The second-order valence-electron chi connectivity index (χ2n) is 6.58. The Labute approximate surface area is 186 Å². The van der Waals surface area contributed by atoms with E-state index in [-0.39, 0.29) is 12.2 Å². The SMILES string of the molecule is Cc1cc(Br)ccc1NC(=O)CNC(=O)c1nn(-c2ccc(Cl)cc2)c(C)cc1=O. The second kappa shape index (κ2) is 9.23. The van der Waals surface area contributed by atoms with Crippen LogP contribution in [0.5, 0.6) is 0 Å². The molecule has 0 saturated carbocycles. The highest BCUT2D eigenvalue weighted by molar-refractivity contribution is 9.10. The molecule has 3 aromatic rings. The van der Waals surface area contributed by atoms with Crippen molar-refractivity contribution >= 4 is 45.0 Å². The van der Waals surface area contributed by atoms with Crippen molar-refractivity contribution in [1.82, 2.24) is 15.1 Å². The lowest BCUT2D eigenvalue weighted by Gasteiger charge is -2.12. The van der Waals surface area contributed by atoms with Gasteiger partial charge in [-0.2, -0.15) is 5.10 Å². The van der Waals surface area contributed by atoms with Crippen LogP contribution < -0.4 is 16.1 Å². The van der Waals surface area contributed by atoms with Crippen LogP contribution in [0.15, 0.2) is 57.8 Å². The van der Waals surface area contributed by atoms with Gasteiger partial charge in [0, 0.05) is 26.9 Å². The van der Waals surface area contributed by atoms with E-state index in [0.29, 0.717) is 22.1 Å². The second-order valence-corrected chi connectivity index (χ2v) is 7.93. The van der Waals surface area contributed by atoms with E-state index in [4.69, 9.17) is 11.6 Å². The van der Waals surface area contributed by atoms with Crippen molar-refractivity contribution in [1.29, 1.82) is 0 Å². The summed E-state index contributed by atoms with van der Waals surface area (Å²) in [6, 6.07) is 13.6. The van der Waals surface area contributed by atoms with Gasteiger partial charge in [0.05, 0.1) is 12.2 Å². The summed E-state index contributed by atoms with van der Waals surface area (Å²) in [6.45, 7) is 3.26. The number of carbonyl (C=O) groups excluding carboxylic acids is 2. The topological polar surface area (TPSA) is 93.1 Å². The number of nitrogens with one attached hydrogen (secondary N) is 2. The van der Waals surface area contributed by atoms with Crippen LogP contribution in [0.3, 0.4) is 0 Å². The zero-order valence-electron chi connectivity index (χ0n) is 16.2. The number of anilines is 1. The molecular formula is C21H18BrClN4O3. The molecule has 1 aromatic heterocycles. The molecule has 2 aromatic carbocycles. The van der Waals surface area contributed by atoms with E-state index in [1.54, 1.807) is 43.3 Å². The molecule has 0 saturated heterocycles. The molecule has 0 unspecified atom stereocenters. The van der Waals surface area contributed by atoms with Crippen LogP contribution in [0.2, 0.25) is 5.02 Å². The number of rotatable bonds is 5. The zero-order chi connectivity index (χ0) is 21.8. The van der Waals surface area contributed by atoms with E-state index in [9.17, 15) is 14.4 Å². The zero-order valence-corrected chi connectivity index (χ0v) is 18.5. The van der Waals surface area contributed by atoms with Gasteiger partial charge < -0.3 is 10.6 Å². The van der Waals surface area contributed by atoms with Crippen LogP contribution in [-0.4, -0.2) is 28.1 Å². The highest BCUT2D eigenvalue weighted by Gasteiger charge is 2.16. The minimum absolute atomic E-state index is 0.301. The van der Waals surface area contributed by atoms with E-state index in [2.05, 4.69) is 31.7 Å². The minimum Gasteiger partial charge on any atom is -0.341 e. The van der Waals surface area contributed by atoms with Crippen LogP contribution in [0.25, 0.3) is 5.69 Å². The third-order valence-corrected chi connectivity index (χ3v) is 5.01. The smallest absolute Gasteiger partial charge is 0.276 e. The van der Waals surface area contributed by atoms with Gasteiger partial charge in [-0.25, -0.2) is 4.68 Å². The molecule has 0 fully saturated rings. The summed E-state index contributed by atoms with van der Waals surface area (Å²) in [5, 5.41) is 9.89. The molecule has 0 aliphatic carbocycles. The molecule has 2 N–H and O–H groups in total. The lowest BCUT2D eigenvalue weighted by molar-refractivity contribution is -0.115. The van der Waals surface area contributed by atoms with Crippen LogP contribution in [0, 0.1) is 13.8 Å². The summed E-state index contributed by atoms with van der Waals surface area (Å²) >= 11 is 9.27. The fourth-order valence-electron chi connectivity index (χ4n) is 2.75. The molecular weight excluding hydrogens is 472 g/mol. The quantitative estimate of drug-likeness (QED) is 0.572. The summed E-state index contributed by atoms with van der Waals surface area (Å²) in [4.78, 5) is 36.9. The summed E-state index contributed by atoms with van der Waals surface area (Å²) < 4.78 is 2.37. The fourth-order valence-corrected chi connectivity index (χ4v) is 3.36. The number of hydrogen-bond acceptors (Lipinski definition) is 4. The number of aryl methyl sites for hydroxylation is 2. The molecule has 3 rings (SSSR count). The molecule has 154 valence electrons. The molecule has 0 aliphatic heterocycles. The third kappa shape index (κ3) is 5.14. The summed E-state index contributed by atoms with van der Waals surface area (Å²) in [6.07, 6.45) is 0. The number of aromatic nitrogens is 2. The van der Waals surface area contributed by atoms with Crippen LogP contribution in [0.4, 0.5) is 5.69 Å². The summed E-state index contributed by atoms with van der Waals surface area (Å²) in [7, 11) is 0. The number of nitrogens with zero attached hydrogens (tertiary/aromatic N) is 2. The van der Waals surface area contributed by atoms with Crippen molar-refractivity contribution in [2.45, 2.75) is 13.8 Å². The van der Waals surface area contributed by atoms with Gasteiger partial charge in [-0.3, -0.25) is 14.4 Å². The number of amides is 2. The Morgan fingerprint density at radius 1 is 1.10 bits per heavy atom. The standard InChI is InChI=1S/C21H18BrClN4O3/c1-12-9-14(22)3-8-17(12)25-19(29)11-24-21(30)20-18(28)10-13(2)27(26-20)16-6-4-15(23)5-7-16/h3-10H,11H2,1-2H3,(H,24,30)(H,25,29). The van der Waals surface area contributed by atoms with Gasteiger partial charge in [0.1, 0.15) is 0 Å². The van der Waals surface area contributed by atoms with Crippen LogP contribution in [-0.2, 0) is 4.79 Å². The number of carbonyl (C=O) groups is 2. The van der Waals surface area contributed by atoms with Crippen LogP contribution >= 0.6 is 27.5 Å². The normalized spacial score (nSPS) is 10.5. The van der Waals surface area contributed by atoms with E-state index in [1.165, 1.54) is 10.7 Å². The maximum absolute atomic E-state index is 12.5. The average molecular weight is 490 g/mol. The molecule has 0 spiro atoms. The molecule has 0 aliphatic rings. The molecule has 0 radical (unpaired) electrons. The molecule has 2 amide bonds. The lowest BCUT2D eigenvalue weighted by Crippen LogP contribution is -2.37. The largest absolute Gasteiger partial charge is 0.341 e. The van der Waals surface area contributed by atoms with Crippen molar-refractivity contribution in [2.24, 2.45) is 0 Å². The first-order valence-electron chi connectivity index (χ1n) is 8.96. The first kappa shape index (κ1) is 21.7. The Morgan fingerprint density at radius 2 is 1.80 bits per heavy atom. The molecule has 0 bridgehead atoms. The van der Waals surface area contributed by atoms with Gasteiger partial charge in [-0.15, -0.1) is 0 Å². The Bertz CT molecular complexity index is 1180. The monoisotopic (exact) mass is 488 g/mol. The van der Waals surface area contributed by atoms with Gasteiger partial charge in [-0.1, -0.05) is 27.5 Å². The predicted octanol–water partition coefficient (Wildman–Crippen LogP) is 3.63. The first-order valence-corrected chi connectivity index (χ1v) is 10.1. The average Bonchev–Trinajstić information content (AvgIpc) is 2.69. The highest BCUT2D eigenvalue weighted by Crippen LogP contribution is 2.19. The van der Waals surface area contributed by atoms with Crippen molar-refractivity contribution in [3.05, 3.63) is 85.2 Å². The van der Waals surface area contributed by atoms with E-state index in [0.717, 1.165) is 10.0 Å². The molecule has 9 heteroatoms. The van der Waals surface area contributed by atoms with Crippen molar-refractivity contribution in [2.75, 3.05) is 11.9 Å². The first-order chi connectivity index (χ1) is 14.2. The molecule has 0 atom stereocenters. The maximum atomic E-state index is 12.5. The number of halogens is 2. The number of benzene rings is 2. The van der Waals surface area contributed by atoms with E-state index in [1.807, 2.05) is 13.0 Å². The van der Waals surface area contributed by atoms with E-state index < -0.39 is 17.2 Å². The van der Waals surface area contributed by atoms with Gasteiger partial charge in [0.15, 0.2) is 5.69 Å². The predicted molar refractivity (Wildman–Crippen MR) is 119 cm³/mol. The Morgan fingerprint density at radius 3 is 2.47 bits per heavy atom. The van der Waals surface area contributed by atoms with Gasteiger partial charge in [0.25, 0.3) is 5.91 Å². The Balaban J connectivity index is 1.73. The summed E-state index contributed by atoms with van der Waals surface area (Å²) in [5.74, 6) is -1.15. The lowest BCUT2D eigenvalue weighted by atomic mass is 10.2. The molecule has 7 nitrogen and oxygen atoms in total. The number of hydrogen-bond donors (Lipinski definition) is 2. The fraction of sp³-hybridized carbons (Fsp3) is 0.143. The third-order valence-electron chi connectivity index (χ3n) is 4.27. The van der Waals surface area contributed by atoms with Gasteiger partial charge in [-0.05, 0) is 61.9 Å². The summed E-state index contributed by atoms with van der Waals surface area (Å²) in [5.41, 5.74) is 1.88. The van der Waals surface area contributed by atoms with Gasteiger partial charge >= 0.3 is 0 Å². The maximum Gasteiger partial charge on any atom is 0.276 e. The van der Waals surface area contributed by atoms with Crippen molar-refractivity contribution in [3.8, 4) is 5.69 Å².